The highest BCUT2D eigenvalue weighted by Gasteiger charge is 1.89. The smallest absolute Gasteiger partial charge is 0.430 e. The lowest BCUT2D eigenvalue weighted by Crippen LogP contribution is -1.91. The molecule has 0 spiro atoms. The van der Waals surface area contributed by atoms with Crippen molar-refractivity contribution in [3.05, 3.63) is 0 Å². The molecule has 0 saturated carbocycles. The van der Waals surface area contributed by atoms with Gasteiger partial charge in [0.05, 0.1) is 0 Å². The van der Waals surface area contributed by atoms with Gasteiger partial charge in [0, 0.05) is 11.8 Å². The Labute approximate surface area is 44.7 Å². The molecule has 0 amide bonds. The summed E-state index contributed by atoms with van der Waals surface area (Å²) in [6, 6.07) is 0. The molecule has 0 aliphatic heterocycles. The first-order chi connectivity index (χ1) is 3.63. The average Bonchev–Trinajstić information content (AvgIpc) is 1.61. The second kappa shape index (κ2) is 2.64. The minimum atomic E-state index is -1.69. The number of rotatable bonds is 0. The van der Waals surface area contributed by atoms with E-state index < -0.39 is 11.9 Å². The van der Waals surface area contributed by atoms with Crippen molar-refractivity contribution in [3.63, 3.8) is 0 Å². The summed E-state index contributed by atoms with van der Waals surface area (Å²) in [5.41, 5.74) is 0. The molecule has 0 aromatic carbocycles. The van der Waals surface area contributed by atoms with Gasteiger partial charge >= 0.3 is 11.9 Å². The molecule has 0 aliphatic carbocycles. The zero-order valence-electron chi connectivity index (χ0n) is 3.67. The molecule has 1 radical (unpaired) electrons. The maximum atomic E-state index is 9.44. The summed E-state index contributed by atoms with van der Waals surface area (Å²) in [7, 11) is 0. The third kappa shape index (κ3) is 4.50. The van der Waals surface area contributed by atoms with Crippen LogP contribution in [0.5, 0.6) is 0 Å². The Morgan fingerprint density at radius 3 is 1.88 bits per heavy atom. The molecule has 0 aliphatic rings. The number of carbonyl (C=O) groups excluding carboxylic acids is 1. The molecule has 0 fully saturated rings. The zero-order valence-corrected chi connectivity index (χ0v) is 3.67. The molecule has 0 heterocycles. The second-order valence-electron chi connectivity index (χ2n) is 0.843. The lowest BCUT2D eigenvalue weighted by atomic mass is 10.6. The molecule has 0 saturated heterocycles. The summed E-state index contributed by atoms with van der Waals surface area (Å²) in [6.45, 7) is 0. The lowest BCUT2D eigenvalue weighted by Gasteiger charge is -1.65. The summed E-state index contributed by atoms with van der Waals surface area (Å²) in [6.07, 6.45) is 0. The lowest BCUT2D eigenvalue weighted by molar-refractivity contribution is -0.136. The SMILES string of the molecule is [O]C(=O)C#CC(=O)O. The van der Waals surface area contributed by atoms with Gasteiger partial charge in [-0.15, -0.1) is 0 Å². The van der Waals surface area contributed by atoms with Gasteiger partial charge < -0.3 is 5.11 Å². The van der Waals surface area contributed by atoms with Crippen LogP contribution >= 0.6 is 0 Å². The standard InChI is InChI=1S/C4HO4/c5-3(6)1-2-4(7)8/h(H,5,6). The molecule has 0 bridgehead atoms. The summed E-state index contributed by atoms with van der Waals surface area (Å²) in [5.74, 6) is -0.515. The molecule has 0 unspecified atom stereocenters. The Kier molecular flexibility index (Phi) is 2.14. The maximum absolute atomic E-state index is 9.44. The average molecular weight is 113 g/mol. The molecule has 0 aromatic heterocycles. The molecule has 0 atom stereocenters. The third-order valence-electron chi connectivity index (χ3n) is 0.271. The van der Waals surface area contributed by atoms with Gasteiger partial charge in [0.25, 0.3) is 0 Å². The number of carboxylic acids is 1. The number of hydrogen-bond donors (Lipinski definition) is 1. The number of hydrogen-bond acceptors (Lipinski definition) is 2. The van der Waals surface area contributed by atoms with Crippen LogP contribution in [-0.4, -0.2) is 17.0 Å². The van der Waals surface area contributed by atoms with Crippen LogP contribution in [0, 0.1) is 11.8 Å². The van der Waals surface area contributed by atoms with Gasteiger partial charge in [-0.2, -0.15) is 0 Å². The third-order valence-corrected chi connectivity index (χ3v) is 0.271. The van der Waals surface area contributed by atoms with Gasteiger partial charge in [0.1, 0.15) is 0 Å². The summed E-state index contributed by atoms with van der Waals surface area (Å²) in [5, 5.41) is 17.1. The maximum Gasteiger partial charge on any atom is 0.430 e. The van der Waals surface area contributed by atoms with Crippen LogP contribution in [0.25, 0.3) is 0 Å². The van der Waals surface area contributed by atoms with Gasteiger partial charge in [0.2, 0.25) is 0 Å². The molecule has 4 heteroatoms. The quantitative estimate of drug-likeness (QED) is 0.411. The normalized spacial score (nSPS) is 6.50. The minimum Gasteiger partial charge on any atom is -0.472 e. The second-order valence-corrected chi connectivity index (χ2v) is 0.843. The fraction of sp³-hybridized carbons (Fsp3) is 0. The van der Waals surface area contributed by atoms with E-state index in [0.29, 0.717) is 0 Å². The van der Waals surface area contributed by atoms with Crippen LogP contribution < -0.4 is 0 Å². The highest BCUT2D eigenvalue weighted by Crippen LogP contribution is 1.58. The topological polar surface area (TPSA) is 74.3 Å². The predicted octanol–water partition coefficient (Wildman–Crippen LogP) is -0.969. The first kappa shape index (κ1) is 6.50. The Hall–Kier alpha value is -1.50. The molecule has 41 valence electrons. The molecule has 4 nitrogen and oxygen atoms in total. The van der Waals surface area contributed by atoms with Crippen LogP contribution in [0.4, 0.5) is 0 Å². The fourth-order valence-electron chi connectivity index (χ4n) is 0.104. The number of carbonyl (C=O) groups is 2. The van der Waals surface area contributed by atoms with Gasteiger partial charge in [-0.3, -0.25) is 0 Å². The molecular weight excluding hydrogens is 112 g/mol. The largest absolute Gasteiger partial charge is 0.472 e. The van der Waals surface area contributed by atoms with Crippen LogP contribution in [0.15, 0.2) is 0 Å². The van der Waals surface area contributed by atoms with Crippen molar-refractivity contribution in [2.75, 3.05) is 0 Å². The van der Waals surface area contributed by atoms with Crippen LogP contribution in [0.1, 0.15) is 0 Å². The summed E-state index contributed by atoms with van der Waals surface area (Å²) in [4.78, 5) is 18.8. The van der Waals surface area contributed by atoms with Crippen LogP contribution in [0.2, 0.25) is 0 Å². The van der Waals surface area contributed by atoms with Crippen LogP contribution in [-0.2, 0) is 14.7 Å². The number of aliphatic carboxylic acids is 1. The van der Waals surface area contributed by atoms with E-state index >= 15 is 0 Å². The van der Waals surface area contributed by atoms with E-state index in [2.05, 4.69) is 0 Å². The van der Waals surface area contributed by atoms with E-state index in [1.807, 2.05) is 0 Å². The van der Waals surface area contributed by atoms with Crippen molar-refractivity contribution in [1.29, 1.82) is 0 Å². The minimum absolute atomic E-state index is 1.30. The van der Waals surface area contributed by atoms with Gasteiger partial charge in [-0.05, 0) is 0 Å². The van der Waals surface area contributed by atoms with Crippen molar-refractivity contribution < 1.29 is 19.8 Å². The molecule has 0 aromatic rings. The van der Waals surface area contributed by atoms with E-state index in [0.717, 1.165) is 0 Å². The molecule has 1 N–H and O–H groups in total. The van der Waals surface area contributed by atoms with Crippen LogP contribution in [0.3, 0.4) is 0 Å². The van der Waals surface area contributed by atoms with E-state index in [1.165, 1.54) is 11.8 Å². The van der Waals surface area contributed by atoms with E-state index in [9.17, 15) is 14.7 Å². The highest BCUT2D eigenvalue weighted by atomic mass is 16.4. The van der Waals surface area contributed by atoms with Crippen molar-refractivity contribution in [2.24, 2.45) is 0 Å². The molecule has 0 rings (SSSR count). The van der Waals surface area contributed by atoms with Crippen molar-refractivity contribution in [3.8, 4) is 11.8 Å². The van der Waals surface area contributed by atoms with Crippen molar-refractivity contribution in [1.82, 2.24) is 0 Å². The summed E-state index contributed by atoms with van der Waals surface area (Å²) < 4.78 is 0. The van der Waals surface area contributed by atoms with E-state index in [1.54, 1.807) is 0 Å². The Morgan fingerprint density at radius 1 is 1.25 bits per heavy atom. The number of carboxylic acid groups (broad SMARTS) is 1. The van der Waals surface area contributed by atoms with Crippen molar-refractivity contribution >= 4 is 11.9 Å². The fourth-order valence-corrected chi connectivity index (χ4v) is 0.104. The van der Waals surface area contributed by atoms with Gasteiger partial charge in [-0.1, -0.05) is 0 Å². The monoisotopic (exact) mass is 113 g/mol. The predicted molar refractivity (Wildman–Crippen MR) is 21.1 cm³/mol. The summed E-state index contributed by atoms with van der Waals surface area (Å²) >= 11 is 0. The van der Waals surface area contributed by atoms with E-state index in [4.69, 9.17) is 5.11 Å². The Morgan fingerprint density at radius 2 is 1.75 bits per heavy atom. The Bertz CT molecular complexity index is 152. The first-order valence-corrected chi connectivity index (χ1v) is 1.59. The van der Waals surface area contributed by atoms with Crippen molar-refractivity contribution in [2.45, 2.75) is 0 Å². The van der Waals surface area contributed by atoms with Gasteiger partial charge in [-0.25, -0.2) is 14.7 Å². The zero-order chi connectivity index (χ0) is 6.57. The molecular formula is C4HO4. The Balaban J connectivity index is 3.87. The van der Waals surface area contributed by atoms with Gasteiger partial charge in [0.15, 0.2) is 0 Å². The molecule has 8 heavy (non-hydrogen) atoms. The first-order valence-electron chi connectivity index (χ1n) is 1.59. The van der Waals surface area contributed by atoms with E-state index in [-0.39, 0.29) is 0 Å². The highest BCUT2D eigenvalue weighted by molar-refractivity contribution is 5.96.